The number of nitrogens with one attached hydrogen (secondary N) is 1. The third kappa shape index (κ3) is 4.49. The van der Waals surface area contributed by atoms with E-state index in [1.165, 1.54) is 21.5 Å². The second-order valence-electron chi connectivity index (χ2n) is 9.06. The van der Waals surface area contributed by atoms with E-state index in [1.807, 2.05) is 30.3 Å². The molecular weight excluding hydrogens is 523 g/mol. The van der Waals surface area contributed by atoms with Gasteiger partial charge in [0.1, 0.15) is 21.7 Å². The lowest BCUT2D eigenvalue weighted by Gasteiger charge is -2.29. The summed E-state index contributed by atoms with van der Waals surface area (Å²) in [6, 6.07) is 9.76. The topological polar surface area (TPSA) is 89.5 Å². The minimum Gasteiger partial charge on any atom is -0.496 e. The zero-order chi connectivity index (χ0) is 23.2. The van der Waals surface area contributed by atoms with E-state index in [9.17, 15) is 9.59 Å². The van der Waals surface area contributed by atoms with E-state index >= 15 is 0 Å². The van der Waals surface area contributed by atoms with Crippen LogP contribution in [-0.2, 0) is 6.54 Å². The molecule has 1 N–H and O–H groups in total. The van der Waals surface area contributed by atoms with Crippen LogP contribution in [0, 0.1) is 5.92 Å². The fourth-order valence-corrected chi connectivity index (χ4v) is 6.49. The largest absolute Gasteiger partial charge is 0.496 e. The Labute approximate surface area is 224 Å². The van der Waals surface area contributed by atoms with Crippen LogP contribution in [-0.4, -0.2) is 52.8 Å². The maximum absolute atomic E-state index is 13.0. The Kier molecular flexibility index (Phi) is 7.94. The molecule has 1 fully saturated rings. The molecule has 36 heavy (non-hydrogen) atoms. The van der Waals surface area contributed by atoms with Crippen LogP contribution in [0.3, 0.4) is 0 Å². The molecule has 2 aliphatic heterocycles. The summed E-state index contributed by atoms with van der Waals surface area (Å²) in [5, 5.41) is 0. The first-order valence-corrected chi connectivity index (χ1v) is 12.5. The molecule has 0 bridgehead atoms. The number of rotatable bonds is 6. The van der Waals surface area contributed by atoms with Crippen molar-refractivity contribution < 1.29 is 9.47 Å². The van der Waals surface area contributed by atoms with Gasteiger partial charge in [-0.3, -0.25) is 14.3 Å². The Bertz CT molecular complexity index is 1490. The summed E-state index contributed by atoms with van der Waals surface area (Å²) in [4.78, 5) is 35.3. The molecule has 6 rings (SSSR count). The van der Waals surface area contributed by atoms with Crippen molar-refractivity contribution in [3.05, 3.63) is 62.9 Å². The number of nitrogens with zero attached hydrogens (tertiary/aromatic N) is 3. The monoisotopic (exact) mass is 550 g/mol. The van der Waals surface area contributed by atoms with Gasteiger partial charge >= 0.3 is 5.69 Å². The van der Waals surface area contributed by atoms with Crippen molar-refractivity contribution in [1.82, 2.24) is 19.4 Å². The average molecular weight is 551 g/mol. The minimum absolute atomic E-state index is 0. The SMILES string of the molecule is COc1cccc2c1[C@H]1CN(CCCCn3c(=O)[nH]c4c(sc5cccnc54)c3=O)C[C@@H]1CO2.Cl.Cl. The predicted molar refractivity (Wildman–Crippen MR) is 147 cm³/mol. The summed E-state index contributed by atoms with van der Waals surface area (Å²) in [5.74, 6) is 2.71. The van der Waals surface area contributed by atoms with E-state index in [0.29, 0.717) is 34.1 Å². The van der Waals surface area contributed by atoms with E-state index in [2.05, 4.69) is 14.9 Å². The molecule has 192 valence electrons. The van der Waals surface area contributed by atoms with Crippen molar-refractivity contribution >= 4 is 56.6 Å². The molecule has 11 heteroatoms. The summed E-state index contributed by atoms with van der Waals surface area (Å²) >= 11 is 1.38. The number of likely N-dealkylation sites (tertiary alicyclic amines) is 1. The number of H-pyrrole nitrogens is 1. The lowest BCUT2D eigenvalue weighted by atomic mass is 9.86. The van der Waals surface area contributed by atoms with Crippen LogP contribution in [0.15, 0.2) is 46.1 Å². The van der Waals surface area contributed by atoms with Crippen molar-refractivity contribution in [2.75, 3.05) is 33.4 Å². The van der Waals surface area contributed by atoms with Crippen LogP contribution in [0.4, 0.5) is 0 Å². The number of thiophene rings is 1. The Morgan fingerprint density at radius 1 is 1.14 bits per heavy atom. The minimum atomic E-state index is -0.365. The van der Waals surface area contributed by atoms with Gasteiger partial charge in [-0.25, -0.2) is 4.79 Å². The highest BCUT2D eigenvalue weighted by Gasteiger charge is 2.40. The Balaban J connectivity index is 0.00000152. The standard InChI is InChI=1S/C25H26N4O4S.2ClH/c1-32-17-6-4-7-18-20(17)16-13-28(12-15(16)14-33-18)10-2-3-11-29-24(30)23-22(27-25(29)31)21-19(34-23)8-5-9-26-21;;/h4-9,15-16H,2-3,10-14H2,1H3,(H,27,31);2*1H/t15-,16+;;/m1../s1. The summed E-state index contributed by atoms with van der Waals surface area (Å²) in [5.41, 5.74) is 1.82. The highest BCUT2D eigenvalue weighted by molar-refractivity contribution is 7.25. The first kappa shape index (κ1) is 26.5. The molecule has 0 unspecified atom stereocenters. The van der Waals surface area contributed by atoms with Gasteiger partial charge in [-0.05, 0) is 43.7 Å². The molecule has 0 spiro atoms. The number of benzene rings is 1. The zero-order valence-electron chi connectivity index (χ0n) is 19.8. The van der Waals surface area contributed by atoms with Gasteiger partial charge in [0.25, 0.3) is 5.56 Å². The van der Waals surface area contributed by atoms with Crippen molar-refractivity contribution in [2.24, 2.45) is 5.92 Å². The lowest BCUT2D eigenvalue weighted by Crippen LogP contribution is -2.34. The quantitative estimate of drug-likeness (QED) is 0.364. The number of halogens is 2. The number of aromatic nitrogens is 3. The van der Waals surface area contributed by atoms with Crippen LogP contribution >= 0.6 is 36.2 Å². The summed E-state index contributed by atoms with van der Waals surface area (Å²) < 4.78 is 14.4. The van der Waals surface area contributed by atoms with Gasteiger partial charge in [-0.15, -0.1) is 36.2 Å². The molecule has 3 aromatic heterocycles. The van der Waals surface area contributed by atoms with Crippen LogP contribution in [0.25, 0.3) is 20.4 Å². The van der Waals surface area contributed by atoms with Crippen LogP contribution in [0.5, 0.6) is 11.5 Å². The molecule has 0 aliphatic carbocycles. The Hall–Kier alpha value is -2.59. The molecule has 1 aromatic carbocycles. The number of fused-ring (bicyclic) bond motifs is 6. The molecule has 8 nitrogen and oxygen atoms in total. The molecule has 2 aliphatic rings. The van der Waals surface area contributed by atoms with Crippen molar-refractivity contribution in [2.45, 2.75) is 25.3 Å². The number of unbranched alkanes of at least 4 members (excludes halogenated alkanes) is 1. The highest BCUT2D eigenvalue weighted by Crippen LogP contribution is 2.46. The van der Waals surface area contributed by atoms with Crippen molar-refractivity contribution in [1.29, 1.82) is 0 Å². The van der Waals surface area contributed by atoms with E-state index in [-0.39, 0.29) is 36.1 Å². The van der Waals surface area contributed by atoms with E-state index < -0.39 is 0 Å². The number of pyridine rings is 1. The maximum Gasteiger partial charge on any atom is 0.328 e. The normalized spacial score (nSPS) is 18.7. The van der Waals surface area contributed by atoms with Gasteiger partial charge < -0.3 is 19.4 Å². The smallest absolute Gasteiger partial charge is 0.328 e. The number of aromatic amines is 1. The molecule has 0 saturated carbocycles. The summed E-state index contributed by atoms with van der Waals surface area (Å²) in [6.45, 7) is 4.04. The van der Waals surface area contributed by atoms with E-state index in [0.717, 1.165) is 55.3 Å². The summed E-state index contributed by atoms with van der Waals surface area (Å²) in [7, 11) is 1.71. The van der Waals surface area contributed by atoms with Crippen LogP contribution < -0.4 is 20.7 Å². The van der Waals surface area contributed by atoms with Crippen molar-refractivity contribution in [3.8, 4) is 11.5 Å². The Morgan fingerprint density at radius 2 is 1.97 bits per heavy atom. The van der Waals surface area contributed by atoms with E-state index in [1.54, 1.807) is 13.3 Å². The fourth-order valence-electron chi connectivity index (χ4n) is 5.42. The second-order valence-corrected chi connectivity index (χ2v) is 10.1. The zero-order valence-corrected chi connectivity index (χ0v) is 22.2. The third-order valence-corrected chi connectivity index (χ3v) is 8.19. The molecule has 4 aromatic rings. The van der Waals surface area contributed by atoms with Gasteiger partial charge in [0, 0.05) is 43.2 Å². The molecule has 2 atom stereocenters. The van der Waals surface area contributed by atoms with Crippen molar-refractivity contribution in [3.63, 3.8) is 0 Å². The number of methoxy groups -OCH3 is 1. The first-order valence-electron chi connectivity index (χ1n) is 11.7. The van der Waals surface area contributed by atoms with Gasteiger partial charge in [0.15, 0.2) is 0 Å². The molecule has 5 heterocycles. The van der Waals surface area contributed by atoms with Crippen LogP contribution in [0.1, 0.15) is 24.3 Å². The van der Waals surface area contributed by atoms with Gasteiger partial charge in [0.05, 0.1) is 23.9 Å². The van der Waals surface area contributed by atoms with Gasteiger partial charge in [-0.1, -0.05) is 6.07 Å². The molecule has 0 amide bonds. The number of hydrogen-bond acceptors (Lipinski definition) is 7. The third-order valence-electron chi connectivity index (χ3n) is 7.06. The van der Waals surface area contributed by atoms with Gasteiger partial charge in [0.2, 0.25) is 0 Å². The van der Waals surface area contributed by atoms with E-state index in [4.69, 9.17) is 9.47 Å². The number of ether oxygens (including phenoxy) is 2. The fraction of sp³-hybridized carbons (Fsp3) is 0.400. The number of hydrogen-bond donors (Lipinski definition) is 1. The summed E-state index contributed by atoms with van der Waals surface area (Å²) in [6.07, 6.45) is 3.35. The Morgan fingerprint density at radius 3 is 2.81 bits per heavy atom. The predicted octanol–water partition coefficient (Wildman–Crippen LogP) is 4.04. The molecule has 0 radical (unpaired) electrons. The highest BCUT2D eigenvalue weighted by atomic mass is 35.5. The first-order chi connectivity index (χ1) is 16.6. The molecule has 1 saturated heterocycles. The van der Waals surface area contributed by atoms with Gasteiger partial charge in [-0.2, -0.15) is 0 Å². The average Bonchev–Trinajstić information content (AvgIpc) is 3.44. The molecular formula is C25H28Cl2N4O4S. The lowest BCUT2D eigenvalue weighted by molar-refractivity contribution is 0.209. The maximum atomic E-state index is 13.0. The van der Waals surface area contributed by atoms with Crippen LogP contribution in [0.2, 0.25) is 0 Å². The second kappa shape index (κ2) is 10.8.